The van der Waals surface area contributed by atoms with Gasteiger partial charge in [0.15, 0.2) is 0 Å². The maximum Gasteiger partial charge on any atom is 0.118 e. The zero-order valence-electron chi connectivity index (χ0n) is 13.2. The number of hydrogen-bond acceptors (Lipinski definition) is 2. The quantitative estimate of drug-likeness (QED) is 0.839. The molecule has 1 aliphatic rings. The molecule has 0 heterocycles. The van der Waals surface area contributed by atoms with Gasteiger partial charge in [0.25, 0.3) is 0 Å². The zero-order valence-corrected chi connectivity index (χ0v) is 13.2. The Labute approximate surface area is 123 Å². The van der Waals surface area contributed by atoms with Crippen molar-refractivity contribution in [3.05, 3.63) is 29.8 Å². The van der Waals surface area contributed by atoms with Crippen molar-refractivity contribution in [2.45, 2.75) is 44.9 Å². The number of hydrogen-bond donors (Lipinski definition) is 1. The highest BCUT2D eigenvalue weighted by Crippen LogP contribution is 2.42. The van der Waals surface area contributed by atoms with Crippen molar-refractivity contribution < 1.29 is 4.74 Å². The number of nitrogens with one attached hydrogen (secondary N) is 1. The zero-order chi connectivity index (χ0) is 14.4. The first kappa shape index (κ1) is 15.4. The van der Waals surface area contributed by atoms with Crippen LogP contribution in [0.2, 0.25) is 0 Å². The Kier molecular flexibility index (Phi) is 5.90. The van der Waals surface area contributed by atoms with Crippen molar-refractivity contribution in [1.29, 1.82) is 0 Å². The van der Waals surface area contributed by atoms with E-state index >= 15 is 0 Å². The summed E-state index contributed by atoms with van der Waals surface area (Å²) in [6.45, 7) is 3.44. The van der Waals surface area contributed by atoms with Gasteiger partial charge >= 0.3 is 0 Å². The molecule has 0 aliphatic heterocycles. The van der Waals surface area contributed by atoms with Crippen LogP contribution in [0.1, 0.15) is 50.5 Å². The van der Waals surface area contributed by atoms with Gasteiger partial charge in [-0.25, -0.2) is 0 Å². The predicted octanol–water partition coefficient (Wildman–Crippen LogP) is 4.21. The van der Waals surface area contributed by atoms with Gasteiger partial charge in [0.1, 0.15) is 5.75 Å². The molecule has 0 amide bonds. The number of ether oxygens (including phenoxy) is 1. The van der Waals surface area contributed by atoms with E-state index < -0.39 is 0 Å². The monoisotopic (exact) mass is 275 g/mol. The molecule has 20 heavy (non-hydrogen) atoms. The first-order chi connectivity index (χ1) is 9.78. The van der Waals surface area contributed by atoms with Gasteiger partial charge < -0.3 is 10.1 Å². The molecule has 0 spiro atoms. The molecule has 0 bridgehead atoms. The standard InChI is InChI=1S/C18H29NO/c1-4-5-14-6-7-16(13-19-2)18(12-14)15-8-10-17(20-3)11-9-15/h8-11,14,16,18-19H,4-7,12-13H2,1-3H3. The fraction of sp³-hybridized carbons (Fsp3) is 0.667. The van der Waals surface area contributed by atoms with E-state index in [4.69, 9.17) is 4.74 Å². The SMILES string of the molecule is CCCC1CCC(CNC)C(c2ccc(OC)cc2)C1. The number of benzene rings is 1. The minimum Gasteiger partial charge on any atom is -0.497 e. The fourth-order valence-electron chi connectivity index (χ4n) is 3.76. The van der Waals surface area contributed by atoms with Gasteiger partial charge in [0, 0.05) is 0 Å². The smallest absolute Gasteiger partial charge is 0.118 e. The molecule has 2 heteroatoms. The summed E-state index contributed by atoms with van der Waals surface area (Å²) in [4.78, 5) is 0. The van der Waals surface area contributed by atoms with E-state index in [1.165, 1.54) is 37.7 Å². The molecule has 1 aromatic carbocycles. The predicted molar refractivity (Wildman–Crippen MR) is 85.4 cm³/mol. The minimum atomic E-state index is 0.707. The Balaban J connectivity index is 2.12. The molecule has 0 saturated heterocycles. The molecule has 112 valence electrons. The van der Waals surface area contributed by atoms with Crippen LogP contribution in [0.5, 0.6) is 5.75 Å². The van der Waals surface area contributed by atoms with Gasteiger partial charge in [-0.15, -0.1) is 0 Å². The van der Waals surface area contributed by atoms with Crippen LogP contribution in [0, 0.1) is 11.8 Å². The first-order valence-electron chi connectivity index (χ1n) is 8.07. The maximum absolute atomic E-state index is 5.28. The summed E-state index contributed by atoms with van der Waals surface area (Å²) in [5.41, 5.74) is 1.49. The lowest BCUT2D eigenvalue weighted by Gasteiger charge is -2.36. The average Bonchev–Trinajstić information content (AvgIpc) is 2.49. The summed E-state index contributed by atoms with van der Waals surface area (Å²) in [7, 11) is 3.81. The topological polar surface area (TPSA) is 21.3 Å². The van der Waals surface area contributed by atoms with E-state index in [0.29, 0.717) is 5.92 Å². The molecule has 3 unspecified atom stereocenters. The third-order valence-electron chi connectivity index (χ3n) is 4.81. The molecule has 3 atom stereocenters. The number of methoxy groups -OCH3 is 1. The van der Waals surface area contributed by atoms with Crippen LogP contribution in [-0.4, -0.2) is 20.7 Å². The molecule has 1 aliphatic carbocycles. The minimum absolute atomic E-state index is 0.707. The van der Waals surface area contributed by atoms with Crippen molar-refractivity contribution in [3.8, 4) is 5.75 Å². The molecule has 2 rings (SSSR count). The van der Waals surface area contributed by atoms with Crippen LogP contribution in [0.25, 0.3) is 0 Å². The van der Waals surface area contributed by atoms with Gasteiger partial charge in [-0.1, -0.05) is 38.3 Å². The second-order valence-corrected chi connectivity index (χ2v) is 6.17. The lowest BCUT2D eigenvalue weighted by molar-refractivity contribution is 0.223. The lowest BCUT2D eigenvalue weighted by Crippen LogP contribution is -2.30. The van der Waals surface area contributed by atoms with Gasteiger partial charge in [-0.3, -0.25) is 0 Å². The molecular formula is C18H29NO. The third-order valence-corrected chi connectivity index (χ3v) is 4.81. The normalized spacial score (nSPS) is 26.4. The molecular weight excluding hydrogens is 246 g/mol. The van der Waals surface area contributed by atoms with E-state index in [9.17, 15) is 0 Å². The van der Waals surface area contributed by atoms with Gasteiger partial charge in [0.2, 0.25) is 0 Å². The van der Waals surface area contributed by atoms with Crippen molar-refractivity contribution in [3.63, 3.8) is 0 Å². The van der Waals surface area contributed by atoms with Crippen LogP contribution in [0.15, 0.2) is 24.3 Å². The Hall–Kier alpha value is -1.02. The molecule has 1 N–H and O–H groups in total. The summed E-state index contributed by atoms with van der Waals surface area (Å²) >= 11 is 0. The summed E-state index contributed by atoms with van der Waals surface area (Å²) in [6, 6.07) is 8.74. The van der Waals surface area contributed by atoms with Crippen molar-refractivity contribution in [2.75, 3.05) is 20.7 Å². The van der Waals surface area contributed by atoms with Crippen molar-refractivity contribution >= 4 is 0 Å². The molecule has 0 aromatic heterocycles. The third kappa shape index (κ3) is 3.76. The largest absolute Gasteiger partial charge is 0.497 e. The molecule has 1 aromatic rings. The van der Waals surface area contributed by atoms with E-state index in [2.05, 4.69) is 43.6 Å². The highest BCUT2D eigenvalue weighted by molar-refractivity contribution is 5.30. The van der Waals surface area contributed by atoms with E-state index in [1.54, 1.807) is 7.11 Å². The van der Waals surface area contributed by atoms with E-state index in [1.807, 2.05) is 0 Å². The fourth-order valence-corrected chi connectivity index (χ4v) is 3.76. The number of rotatable bonds is 6. The van der Waals surface area contributed by atoms with Crippen molar-refractivity contribution in [2.24, 2.45) is 11.8 Å². The Morgan fingerprint density at radius 1 is 1.20 bits per heavy atom. The average molecular weight is 275 g/mol. The van der Waals surface area contributed by atoms with Gasteiger partial charge in [-0.2, -0.15) is 0 Å². The van der Waals surface area contributed by atoms with Crippen LogP contribution < -0.4 is 10.1 Å². The second-order valence-electron chi connectivity index (χ2n) is 6.17. The van der Waals surface area contributed by atoms with Crippen LogP contribution in [0.3, 0.4) is 0 Å². The summed E-state index contributed by atoms with van der Waals surface area (Å²) in [5, 5.41) is 3.38. The maximum atomic E-state index is 5.28. The van der Waals surface area contributed by atoms with E-state index in [-0.39, 0.29) is 0 Å². The van der Waals surface area contributed by atoms with Gasteiger partial charge in [-0.05, 0) is 61.9 Å². The van der Waals surface area contributed by atoms with Crippen molar-refractivity contribution in [1.82, 2.24) is 5.32 Å². The first-order valence-corrected chi connectivity index (χ1v) is 8.07. The molecule has 2 nitrogen and oxygen atoms in total. The van der Waals surface area contributed by atoms with Crippen LogP contribution in [0.4, 0.5) is 0 Å². The lowest BCUT2D eigenvalue weighted by atomic mass is 9.70. The van der Waals surface area contributed by atoms with Crippen LogP contribution >= 0.6 is 0 Å². The van der Waals surface area contributed by atoms with Gasteiger partial charge in [0.05, 0.1) is 7.11 Å². The Morgan fingerprint density at radius 3 is 2.55 bits per heavy atom. The molecule has 1 saturated carbocycles. The highest BCUT2D eigenvalue weighted by atomic mass is 16.5. The molecule has 0 radical (unpaired) electrons. The van der Waals surface area contributed by atoms with Crippen LogP contribution in [-0.2, 0) is 0 Å². The molecule has 1 fully saturated rings. The Morgan fingerprint density at radius 2 is 1.95 bits per heavy atom. The summed E-state index contributed by atoms with van der Waals surface area (Å²) < 4.78 is 5.28. The van der Waals surface area contributed by atoms with E-state index in [0.717, 1.165) is 24.1 Å². The summed E-state index contributed by atoms with van der Waals surface area (Å²) in [5.74, 6) is 3.36. The summed E-state index contributed by atoms with van der Waals surface area (Å²) in [6.07, 6.45) is 6.83. The highest BCUT2D eigenvalue weighted by Gasteiger charge is 2.30. The second kappa shape index (κ2) is 7.68. The Bertz CT molecular complexity index is 387.